The molecule has 1 aliphatic carbocycles. The van der Waals surface area contributed by atoms with Gasteiger partial charge in [0.15, 0.2) is 0 Å². The number of fused-ring (bicyclic) bond motifs is 1. The van der Waals surface area contributed by atoms with Crippen molar-refractivity contribution in [2.75, 3.05) is 0 Å². The van der Waals surface area contributed by atoms with Gasteiger partial charge in [0, 0.05) is 13.0 Å². The molecule has 4 heteroatoms. The first-order valence-corrected chi connectivity index (χ1v) is 7.66. The second-order valence-electron chi connectivity index (χ2n) is 6.48. The Hall–Kier alpha value is -1.84. The second kappa shape index (κ2) is 4.86. The van der Waals surface area contributed by atoms with Gasteiger partial charge in [-0.2, -0.15) is 0 Å². The monoisotopic (exact) mass is 286 g/mol. The topological polar surface area (TPSA) is 55.1 Å². The summed E-state index contributed by atoms with van der Waals surface area (Å²) in [6.45, 7) is 4.25. The molecule has 0 aliphatic heterocycles. The number of benzene rings is 1. The molecule has 0 atom stereocenters. The van der Waals surface area contributed by atoms with Gasteiger partial charge in [-0.25, -0.2) is 4.98 Å². The Morgan fingerprint density at radius 2 is 2.00 bits per heavy atom. The largest absolute Gasteiger partial charge is 0.481 e. The van der Waals surface area contributed by atoms with Gasteiger partial charge in [-0.05, 0) is 30.5 Å². The Morgan fingerprint density at radius 3 is 2.57 bits per heavy atom. The van der Waals surface area contributed by atoms with Gasteiger partial charge in [0.05, 0.1) is 16.4 Å². The van der Waals surface area contributed by atoms with Gasteiger partial charge in [-0.3, -0.25) is 4.79 Å². The highest BCUT2D eigenvalue weighted by Crippen LogP contribution is 2.42. The van der Waals surface area contributed by atoms with Crippen molar-refractivity contribution < 1.29 is 9.90 Å². The lowest BCUT2D eigenvalue weighted by Gasteiger charge is -2.24. The standard InChI is InChI=1S/C17H22N2O2/c1-11(2)15-18-13-10-12(6-7-14(13)19(15)3)17(16(20)21)8-4-5-9-17/h6-7,10-11H,4-5,8-9H2,1-3H3,(H,20,21). The summed E-state index contributed by atoms with van der Waals surface area (Å²) >= 11 is 0. The minimum absolute atomic E-state index is 0.353. The zero-order valence-electron chi connectivity index (χ0n) is 12.9. The van der Waals surface area contributed by atoms with E-state index < -0.39 is 11.4 Å². The van der Waals surface area contributed by atoms with E-state index in [1.54, 1.807) is 0 Å². The van der Waals surface area contributed by atoms with Crippen LogP contribution in [0.15, 0.2) is 18.2 Å². The molecule has 2 aromatic rings. The first-order valence-electron chi connectivity index (χ1n) is 7.66. The molecular formula is C17H22N2O2. The van der Waals surface area contributed by atoms with Crippen LogP contribution in [-0.2, 0) is 17.3 Å². The maximum atomic E-state index is 11.8. The van der Waals surface area contributed by atoms with E-state index in [9.17, 15) is 9.90 Å². The van der Waals surface area contributed by atoms with Crippen LogP contribution in [-0.4, -0.2) is 20.6 Å². The van der Waals surface area contributed by atoms with Crippen LogP contribution in [0, 0.1) is 0 Å². The Balaban J connectivity index is 2.15. The first kappa shape index (κ1) is 14.1. The first-order chi connectivity index (χ1) is 9.95. The zero-order valence-corrected chi connectivity index (χ0v) is 12.9. The van der Waals surface area contributed by atoms with E-state index in [-0.39, 0.29) is 0 Å². The van der Waals surface area contributed by atoms with Crippen molar-refractivity contribution in [2.45, 2.75) is 50.9 Å². The Kier molecular flexibility index (Phi) is 3.27. The molecular weight excluding hydrogens is 264 g/mol. The highest BCUT2D eigenvalue weighted by Gasteiger charge is 2.43. The van der Waals surface area contributed by atoms with Crippen LogP contribution in [0.3, 0.4) is 0 Å². The maximum absolute atomic E-state index is 11.8. The molecule has 3 rings (SSSR count). The molecule has 1 saturated carbocycles. The van der Waals surface area contributed by atoms with Crippen LogP contribution < -0.4 is 0 Å². The number of hydrogen-bond acceptors (Lipinski definition) is 2. The predicted octanol–water partition coefficient (Wildman–Crippen LogP) is 3.59. The lowest BCUT2D eigenvalue weighted by Crippen LogP contribution is -2.32. The summed E-state index contributed by atoms with van der Waals surface area (Å²) in [7, 11) is 2.02. The lowest BCUT2D eigenvalue weighted by molar-refractivity contribution is -0.143. The van der Waals surface area contributed by atoms with Crippen molar-refractivity contribution in [2.24, 2.45) is 7.05 Å². The predicted molar refractivity (Wildman–Crippen MR) is 82.6 cm³/mol. The molecule has 0 radical (unpaired) electrons. The van der Waals surface area contributed by atoms with Gasteiger partial charge in [0.2, 0.25) is 0 Å². The van der Waals surface area contributed by atoms with Gasteiger partial charge < -0.3 is 9.67 Å². The van der Waals surface area contributed by atoms with E-state index in [1.807, 2.05) is 25.2 Å². The average Bonchev–Trinajstić information content (AvgIpc) is 3.04. The molecule has 112 valence electrons. The maximum Gasteiger partial charge on any atom is 0.314 e. The van der Waals surface area contributed by atoms with Crippen LogP contribution in [0.4, 0.5) is 0 Å². The van der Waals surface area contributed by atoms with E-state index in [2.05, 4.69) is 18.4 Å². The summed E-state index contributed by atoms with van der Waals surface area (Å²) in [6.07, 6.45) is 3.45. The molecule has 0 amide bonds. The van der Waals surface area contributed by atoms with Gasteiger partial charge in [-0.15, -0.1) is 0 Å². The summed E-state index contributed by atoms with van der Waals surface area (Å²) in [5.41, 5.74) is 2.18. The molecule has 4 nitrogen and oxygen atoms in total. The van der Waals surface area contributed by atoms with Crippen molar-refractivity contribution in [3.63, 3.8) is 0 Å². The molecule has 0 spiro atoms. The second-order valence-corrected chi connectivity index (χ2v) is 6.48. The van der Waals surface area contributed by atoms with E-state index >= 15 is 0 Å². The molecule has 0 bridgehead atoms. The van der Waals surface area contributed by atoms with Crippen LogP contribution in [0.1, 0.15) is 56.8 Å². The smallest absolute Gasteiger partial charge is 0.314 e. The van der Waals surface area contributed by atoms with E-state index in [0.717, 1.165) is 48.1 Å². The Labute approximate surface area is 124 Å². The van der Waals surface area contributed by atoms with Crippen molar-refractivity contribution in [1.82, 2.24) is 9.55 Å². The lowest BCUT2D eigenvalue weighted by atomic mass is 9.79. The summed E-state index contributed by atoms with van der Waals surface area (Å²) in [5.74, 6) is 0.697. The molecule has 1 heterocycles. The van der Waals surface area contributed by atoms with Crippen LogP contribution in [0.25, 0.3) is 11.0 Å². The van der Waals surface area contributed by atoms with Crippen LogP contribution >= 0.6 is 0 Å². The number of rotatable bonds is 3. The summed E-state index contributed by atoms with van der Waals surface area (Å²) in [5, 5.41) is 9.71. The number of carboxylic acids is 1. The number of carbonyl (C=O) groups is 1. The van der Waals surface area contributed by atoms with Crippen molar-refractivity contribution in [1.29, 1.82) is 0 Å². The fourth-order valence-corrected chi connectivity index (χ4v) is 3.64. The summed E-state index contributed by atoms with van der Waals surface area (Å²) < 4.78 is 2.10. The van der Waals surface area contributed by atoms with Gasteiger partial charge in [-0.1, -0.05) is 32.8 Å². The van der Waals surface area contributed by atoms with E-state index in [1.165, 1.54) is 0 Å². The van der Waals surface area contributed by atoms with Crippen LogP contribution in [0.2, 0.25) is 0 Å². The number of aliphatic carboxylic acids is 1. The molecule has 1 N–H and O–H groups in total. The molecule has 0 unspecified atom stereocenters. The third-order valence-electron chi connectivity index (χ3n) is 4.85. The van der Waals surface area contributed by atoms with Gasteiger partial charge in [0.25, 0.3) is 0 Å². The molecule has 0 saturated heterocycles. The third kappa shape index (κ3) is 2.04. The minimum atomic E-state index is -0.705. The highest BCUT2D eigenvalue weighted by molar-refractivity contribution is 5.85. The van der Waals surface area contributed by atoms with Crippen molar-refractivity contribution in [3.8, 4) is 0 Å². The van der Waals surface area contributed by atoms with E-state index in [0.29, 0.717) is 5.92 Å². The Bertz CT molecular complexity index is 694. The SMILES string of the molecule is CC(C)c1nc2cc(C3(C(=O)O)CCCC3)ccc2n1C. The minimum Gasteiger partial charge on any atom is -0.481 e. The van der Waals surface area contributed by atoms with Gasteiger partial charge >= 0.3 is 5.97 Å². The molecule has 1 fully saturated rings. The van der Waals surface area contributed by atoms with Gasteiger partial charge in [0.1, 0.15) is 5.82 Å². The number of imidazole rings is 1. The molecule has 21 heavy (non-hydrogen) atoms. The molecule has 1 aromatic carbocycles. The van der Waals surface area contributed by atoms with Crippen LogP contribution in [0.5, 0.6) is 0 Å². The fourth-order valence-electron chi connectivity index (χ4n) is 3.64. The van der Waals surface area contributed by atoms with Crippen molar-refractivity contribution in [3.05, 3.63) is 29.6 Å². The third-order valence-corrected chi connectivity index (χ3v) is 4.85. The number of nitrogens with zero attached hydrogens (tertiary/aromatic N) is 2. The fraction of sp³-hybridized carbons (Fsp3) is 0.529. The number of aryl methyl sites for hydroxylation is 1. The Morgan fingerprint density at radius 1 is 1.33 bits per heavy atom. The normalized spacial score (nSPS) is 17.7. The average molecular weight is 286 g/mol. The zero-order chi connectivity index (χ0) is 15.2. The number of hydrogen-bond donors (Lipinski definition) is 1. The van der Waals surface area contributed by atoms with E-state index in [4.69, 9.17) is 4.98 Å². The highest BCUT2D eigenvalue weighted by atomic mass is 16.4. The van der Waals surface area contributed by atoms with Crippen molar-refractivity contribution >= 4 is 17.0 Å². The molecule has 1 aromatic heterocycles. The number of carboxylic acid groups (broad SMARTS) is 1. The molecule has 1 aliphatic rings. The quantitative estimate of drug-likeness (QED) is 0.938. The number of aromatic nitrogens is 2. The summed E-state index contributed by atoms with van der Waals surface area (Å²) in [4.78, 5) is 16.5. The summed E-state index contributed by atoms with van der Waals surface area (Å²) in [6, 6.07) is 5.99.